The van der Waals surface area contributed by atoms with Gasteiger partial charge in [-0.25, -0.2) is 0 Å². The van der Waals surface area contributed by atoms with E-state index in [1.165, 1.54) is 11.3 Å². The van der Waals surface area contributed by atoms with Crippen molar-refractivity contribution >= 4 is 5.69 Å². The van der Waals surface area contributed by atoms with Crippen LogP contribution in [0.15, 0.2) is 24.3 Å². The van der Waals surface area contributed by atoms with Gasteiger partial charge in [0.15, 0.2) is 0 Å². The molecule has 0 amide bonds. The normalized spacial score (nSPS) is 12.9. The van der Waals surface area contributed by atoms with E-state index in [9.17, 15) is 0 Å². The number of anilines is 1. The molecule has 1 aromatic rings. The van der Waals surface area contributed by atoms with Gasteiger partial charge in [0.1, 0.15) is 0 Å². The molecule has 0 aliphatic rings. The molecule has 1 unspecified atom stereocenters. The van der Waals surface area contributed by atoms with Gasteiger partial charge in [-0.1, -0.05) is 12.1 Å². The third-order valence-corrected chi connectivity index (χ3v) is 2.87. The summed E-state index contributed by atoms with van der Waals surface area (Å²) in [6.45, 7) is 7.59. The highest BCUT2D eigenvalue weighted by molar-refractivity contribution is 5.48. The van der Waals surface area contributed by atoms with Crippen molar-refractivity contribution in [3.63, 3.8) is 0 Å². The average Bonchev–Trinajstić information content (AvgIpc) is 2.18. The Hall–Kier alpha value is -1.02. The number of aryl methyl sites for hydroxylation is 1. The second-order valence-corrected chi connectivity index (χ2v) is 4.22. The van der Waals surface area contributed by atoms with E-state index >= 15 is 0 Å². The van der Waals surface area contributed by atoms with Gasteiger partial charge >= 0.3 is 0 Å². The third-order valence-electron chi connectivity index (χ3n) is 2.87. The first-order valence-electron chi connectivity index (χ1n) is 5.56. The molecule has 1 atom stereocenters. The van der Waals surface area contributed by atoms with Crippen LogP contribution in [0, 0.1) is 6.92 Å². The molecule has 0 N–H and O–H groups in total. The first kappa shape index (κ1) is 12.1. The van der Waals surface area contributed by atoms with E-state index in [0.717, 1.165) is 6.54 Å². The first-order chi connectivity index (χ1) is 7.06. The van der Waals surface area contributed by atoms with Crippen LogP contribution in [-0.4, -0.2) is 31.7 Å². The molecule has 0 heterocycles. The lowest BCUT2D eigenvalue weighted by atomic mass is 10.2. The fourth-order valence-corrected chi connectivity index (χ4v) is 1.75. The van der Waals surface area contributed by atoms with Crippen molar-refractivity contribution in [1.29, 1.82) is 0 Å². The highest BCUT2D eigenvalue weighted by Gasteiger charge is 2.14. The van der Waals surface area contributed by atoms with Crippen LogP contribution in [0.1, 0.15) is 19.4 Å². The Morgan fingerprint density at radius 2 is 1.93 bits per heavy atom. The predicted molar refractivity (Wildman–Crippen MR) is 67.3 cm³/mol. The minimum Gasteiger partial charge on any atom is -0.356 e. The standard InChI is InChI=1S/C13H22N2/c1-6-15(12(3)14(4)5)13-9-7-8-11(2)10-13/h7-10,12H,6H2,1-5H3. The lowest BCUT2D eigenvalue weighted by Gasteiger charge is -2.34. The minimum atomic E-state index is 0.428. The van der Waals surface area contributed by atoms with Crippen molar-refractivity contribution in [2.45, 2.75) is 26.9 Å². The lowest BCUT2D eigenvalue weighted by Crippen LogP contribution is -2.42. The molecule has 0 bridgehead atoms. The molecule has 15 heavy (non-hydrogen) atoms. The van der Waals surface area contributed by atoms with E-state index in [4.69, 9.17) is 0 Å². The molecule has 0 spiro atoms. The Labute approximate surface area is 93.5 Å². The summed E-state index contributed by atoms with van der Waals surface area (Å²) in [4.78, 5) is 4.62. The molecular formula is C13H22N2. The molecule has 2 heteroatoms. The zero-order valence-corrected chi connectivity index (χ0v) is 10.5. The Bertz CT molecular complexity index is 307. The van der Waals surface area contributed by atoms with Crippen LogP contribution in [-0.2, 0) is 0 Å². The molecule has 0 saturated heterocycles. The molecule has 2 nitrogen and oxygen atoms in total. The molecule has 0 aliphatic carbocycles. The van der Waals surface area contributed by atoms with E-state index in [0.29, 0.717) is 6.17 Å². The minimum absolute atomic E-state index is 0.428. The zero-order valence-electron chi connectivity index (χ0n) is 10.5. The Kier molecular flexibility index (Phi) is 4.15. The van der Waals surface area contributed by atoms with Crippen molar-refractivity contribution in [3.05, 3.63) is 29.8 Å². The summed E-state index contributed by atoms with van der Waals surface area (Å²) in [6, 6.07) is 8.67. The Morgan fingerprint density at radius 1 is 1.27 bits per heavy atom. The first-order valence-corrected chi connectivity index (χ1v) is 5.56. The van der Waals surface area contributed by atoms with Gasteiger partial charge in [0.2, 0.25) is 0 Å². The number of rotatable bonds is 4. The van der Waals surface area contributed by atoms with Gasteiger partial charge in [0.25, 0.3) is 0 Å². The maximum Gasteiger partial charge on any atom is 0.0787 e. The van der Waals surface area contributed by atoms with Gasteiger partial charge in [-0.2, -0.15) is 0 Å². The number of hydrogen-bond donors (Lipinski definition) is 0. The largest absolute Gasteiger partial charge is 0.356 e. The Balaban J connectivity index is 2.92. The van der Waals surface area contributed by atoms with E-state index < -0.39 is 0 Å². The van der Waals surface area contributed by atoms with E-state index in [1.807, 2.05) is 0 Å². The van der Waals surface area contributed by atoms with Gasteiger partial charge in [-0.3, -0.25) is 4.90 Å². The summed E-state index contributed by atoms with van der Waals surface area (Å²) in [5.74, 6) is 0. The Morgan fingerprint density at radius 3 is 2.40 bits per heavy atom. The van der Waals surface area contributed by atoms with Gasteiger partial charge in [-0.15, -0.1) is 0 Å². The summed E-state index contributed by atoms with van der Waals surface area (Å²) < 4.78 is 0. The topological polar surface area (TPSA) is 6.48 Å². The SMILES string of the molecule is CCN(c1cccc(C)c1)C(C)N(C)C. The highest BCUT2D eigenvalue weighted by Crippen LogP contribution is 2.18. The average molecular weight is 206 g/mol. The van der Waals surface area contributed by atoms with Crippen molar-refractivity contribution in [1.82, 2.24) is 4.90 Å². The number of hydrogen-bond acceptors (Lipinski definition) is 2. The quantitative estimate of drug-likeness (QED) is 0.699. The molecule has 0 aromatic heterocycles. The third kappa shape index (κ3) is 2.96. The van der Waals surface area contributed by atoms with Crippen LogP contribution < -0.4 is 4.90 Å². The van der Waals surface area contributed by atoms with Gasteiger partial charge in [0, 0.05) is 12.2 Å². The van der Waals surface area contributed by atoms with Gasteiger partial charge in [0.05, 0.1) is 6.17 Å². The maximum atomic E-state index is 2.40. The lowest BCUT2D eigenvalue weighted by molar-refractivity contribution is 0.304. The van der Waals surface area contributed by atoms with Crippen LogP contribution in [0.2, 0.25) is 0 Å². The maximum absolute atomic E-state index is 2.40. The van der Waals surface area contributed by atoms with Crippen LogP contribution in [0.25, 0.3) is 0 Å². The fraction of sp³-hybridized carbons (Fsp3) is 0.538. The van der Waals surface area contributed by atoms with Crippen molar-refractivity contribution in [2.75, 3.05) is 25.5 Å². The van der Waals surface area contributed by atoms with Crippen molar-refractivity contribution < 1.29 is 0 Å². The van der Waals surface area contributed by atoms with E-state index in [-0.39, 0.29) is 0 Å². The number of nitrogens with zero attached hydrogens (tertiary/aromatic N) is 2. The number of benzene rings is 1. The van der Waals surface area contributed by atoms with Crippen LogP contribution >= 0.6 is 0 Å². The van der Waals surface area contributed by atoms with Crippen LogP contribution in [0.3, 0.4) is 0 Å². The summed E-state index contributed by atoms with van der Waals surface area (Å²) in [7, 11) is 4.23. The van der Waals surface area contributed by atoms with E-state index in [1.54, 1.807) is 0 Å². The van der Waals surface area contributed by atoms with Crippen molar-refractivity contribution in [3.8, 4) is 0 Å². The molecule has 1 aromatic carbocycles. The highest BCUT2D eigenvalue weighted by atomic mass is 15.3. The molecule has 84 valence electrons. The smallest absolute Gasteiger partial charge is 0.0787 e. The predicted octanol–water partition coefficient (Wildman–Crippen LogP) is 2.73. The second-order valence-electron chi connectivity index (χ2n) is 4.22. The molecule has 0 fully saturated rings. The summed E-state index contributed by atoms with van der Waals surface area (Å²) in [5.41, 5.74) is 2.62. The van der Waals surface area contributed by atoms with Gasteiger partial charge < -0.3 is 4.90 Å². The van der Waals surface area contributed by atoms with Crippen LogP contribution in [0.5, 0.6) is 0 Å². The molecule has 0 radical (unpaired) electrons. The molecule has 0 aliphatic heterocycles. The molecular weight excluding hydrogens is 184 g/mol. The van der Waals surface area contributed by atoms with Crippen LogP contribution in [0.4, 0.5) is 5.69 Å². The molecule has 0 saturated carbocycles. The second kappa shape index (κ2) is 5.17. The fourth-order valence-electron chi connectivity index (χ4n) is 1.75. The summed E-state index contributed by atoms with van der Waals surface area (Å²) >= 11 is 0. The monoisotopic (exact) mass is 206 g/mol. The summed E-state index contributed by atoms with van der Waals surface area (Å²) in [5, 5.41) is 0. The zero-order chi connectivity index (χ0) is 11.4. The van der Waals surface area contributed by atoms with Crippen molar-refractivity contribution in [2.24, 2.45) is 0 Å². The summed E-state index contributed by atoms with van der Waals surface area (Å²) in [6.07, 6.45) is 0.428. The molecule has 1 rings (SSSR count). The van der Waals surface area contributed by atoms with Gasteiger partial charge in [-0.05, 0) is 52.6 Å². The van der Waals surface area contributed by atoms with E-state index in [2.05, 4.69) is 68.9 Å².